The van der Waals surface area contributed by atoms with E-state index in [9.17, 15) is 0 Å². The van der Waals surface area contributed by atoms with Crippen molar-refractivity contribution in [1.29, 1.82) is 0 Å². The van der Waals surface area contributed by atoms with E-state index in [0.717, 1.165) is 55.1 Å². The van der Waals surface area contributed by atoms with E-state index >= 15 is 0 Å². The third kappa shape index (κ3) is 5.71. The van der Waals surface area contributed by atoms with Gasteiger partial charge in [0.1, 0.15) is 10.8 Å². The number of aliphatic imine (C=N–C) groups is 1. The minimum absolute atomic E-state index is 0. The monoisotopic (exact) mass is 501 g/mol. The number of thiazole rings is 1. The zero-order valence-electron chi connectivity index (χ0n) is 16.1. The van der Waals surface area contributed by atoms with Crippen LogP contribution in [0.2, 0.25) is 0 Å². The van der Waals surface area contributed by atoms with Crippen molar-refractivity contribution in [2.75, 3.05) is 44.7 Å². The molecule has 1 N–H and O–H groups in total. The quantitative estimate of drug-likeness (QED) is 0.387. The molecule has 3 rings (SSSR count). The van der Waals surface area contributed by atoms with Gasteiger partial charge < -0.3 is 19.9 Å². The number of methoxy groups -OCH3 is 1. The Kier molecular flexibility index (Phi) is 8.62. The number of para-hydroxylation sites is 2. The molecule has 2 aromatic rings. The Labute approximate surface area is 182 Å². The Bertz CT molecular complexity index is 743. The Morgan fingerprint density at radius 2 is 2.00 bits per heavy atom. The molecule has 6 nitrogen and oxygen atoms in total. The van der Waals surface area contributed by atoms with Gasteiger partial charge in [0.2, 0.25) is 0 Å². The van der Waals surface area contributed by atoms with E-state index in [4.69, 9.17) is 9.73 Å². The van der Waals surface area contributed by atoms with Crippen LogP contribution in [0, 0.1) is 6.92 Å². The first-order valence-electron chi connectivity index (χ1n) is 9.03. The summed E-state index contributed by atoms with van der Waals surface area (Å²) in [7, 11) is 1.73. The van der Waals surface area contributed by atoms with Crippen molar-refractivity contribution in [3.8, 4) is 5.75 Å². The van der Waals surface area contributed by atoms with E-state index in [-0.39, 0.29) is 24.0 Å². The predicted octanol–water partition coefficient (Wildman–Crippen LogP) is 3.37. The second-order valence-electron chi connectivity index (χ2n) is 6.18. The first-order chi connectivity index (χ1) is 12.7. The predicted molar refractivity (Wildman–Crippen MR) is 124 cm³/mol. The average Bonchev–Trinajstić information content (AvgIpc) is 3.10. The summed E-state index contributed by atoms with van der Waals surface area (Å²) < 4.78 is 5.50. The fourth-order valence-corrected chi connectivity index (χ4v) is 3.80. The van der Waals surface area contributed by atoms with E-state index in [2.05, 4.69) is 46.1 Å². The normalized spacial score (nSPS) is 14.7. The first-order valence-corrected chi connectivity index (χ1v) is 9.85. The third-order valence-electron chi connectivity index (χ3n) is 4.37. The van der Waals surface area contributed by atoms with Gasteiger partial charge in [-0.15, -0.1) is 35.3 Å². The highest BCUT2D eigenvalue weighted by atomic mass is 127. The van der Waals surface area contributed by atoms with Gasteiger partial charge in [0.15, 0.2) is 5.96 Å². The molecule has 0 spiro atoms. The number of aromatic nitrogens is 1. The van der Waals surface area contributed by atoms with Crippen LogP contribution >= 0.6 is 35.3 Å². The van der Waals surface area contributed by atoms with E-state index < -0.39 is 0 Å². The summed E-state index contributed by atoms with van der Waals surface area (Å²) in [5.41, 5.74) is 1.16. The van der Waals surface area contributed by atoms with Gasteiger partial charge in [-0.2, -0.15) is 0 Å². The number of hydrogen-bond acceptors (Lipinski definition) is 5. The number of anilines is 1. The average molecular weight is 501 g/mol. The maximum absolute atomic E-state index is 5.50. The molecule has 1 aromatic heterocycles. The number of guanidine groups is 1. The molecule has 1 aliphatic heterocycles. The van der Waals surface area contributed by atoms with Gasteiger partial charge in [0.25, 0.3) is 0 Å². The maximum Gasteiger partial charge on any atom is 0.194 e. The summed E-state index contributed by atoms with van der Waals surface area (Å²) in [5, 5.41) is 4.48. The van der Waals surface area contributed by atoms with Gasteiger partial charge in [-0.1, -0.05) is 12.1 Å². The molecule has 0 amide bonds. The second-order valence-corrected chi connectivity index (χ2v) is 7.50. The van der Waals surface area contributed by atoms with Crippen molar-refractivity contribution < 1.29 is 4.74 Å². The van der Waals surface area contributed by atoms with Crippen LogP contribution in [-0.2, 0) is 6.54 Å². The van der Waals surface area contributed by atoms with Crippen LogP contribution in [0.25, 0.3) is 0 Å². The summed E-state index contributed by atoms with van der Waals surface area (Å²) in [6.45, 7) is 9.43. The maximum atomic E-state index is 5.50. The summed E-state index contributed by atoms with van der Waals surface area (Å²) in [6, 6.07) is 8.21. The summed E-state index contributed by atoms with van der Waals surface area (Å²) in [5.74, 6) is 1.90. The first kappa shape index (κ1) is 21.7. The molecule has 1 fully saturated rings. The van der Waals surface area contributed by atoms with E-state index in [0.29, 0.717) is 6.54 Å². The minimum atomic E-state index is 0. The fraction of sp³-hybridized carbons (Fsp3) is 0.474. The molecular weight excluding hydrogens is 473 g/mol. The third-order valence-corrected chi connectivity index (χ3v) is 5.27. The lowest BCUT2D eigenvalue weighted by atomic mass is 10.2. The zero-order valence-corrected chi connectivity index (χ0v) is 19.3. The Morgan fingerprint density at radius 3 is 2.63 bits per heavy atom. The molecule has 8 heteroatoms. The Hall–Kier alpha value is -1.55. The minimum Gasteiger partial charge on any atom is -0.495 e. The van der Waals surface area contributed by atoms with Gasteiger partial charge in [0.05, 0.1) is 19.3 Å². The number of hydrogen-bond donors (Lipinski definition) is 1. The van der Waals surface area contributed by atoms with Crippen molar-refractivity contribution in [2.45, 2.75) is 20.4 Å². The standard InChI is InChI=1S/C19H27N5OS.HI/c1-4-20-19(22-14-18-21-13-15(2)26-18)24-11-9-23(10-12-24)16-7-5-6-8-17(16)25-3;/h5-8,13H,4,9-12,14H2,1-3H3,(H,20,22);1H. The highest BCUT2D eigenvalue weighted by Gasteiger charge is 2.21. The van der Waals surface area contributed by atoms with Crippen molar-refractivity contribution in [2.24, 2.45) is 4.99 Å². The van der Waals surface area contributed by atoms with Crippen molar-refractivity contribution in [3.63, 3.8) is 0 Å². The van der Waals surface area contributed by atoms with Crippen LogP contribution in [0.3, 0.4) is 0 Å². The lowest BCUT2D eigenvalue weighted by Gasteiger charge is -2.38. The number of ether oxygens (including phenoxy) is 1. The van der Waals surface area contributed by atoms with Crippen LogP contribution in [0.4, 0.5) is 5.69 Å². The Morgan fingerprint density at radius 1 is 1.26 bits per heavy atom. The molecular formula is C19H28IN5OS. The summed E-state index contributed by atoms with van der Waals surface area (Å²) >= 11 is 1.71. The molecule has 0 unspecified atom stereocenters. The molecule has 1 saturated heterocycles. The molecule has 0 aliphatic carbocycles. The van der Waals surface area contributed by atoms with Crippen molar-refractivity contribution in [3.05, 3.63) is 40.3 Å². The van der Waals surface area contributed by atoms with Crippen molar-refractivity contribution >= 4 is 47.0 Å². The molecule has 0 saturated carbocycles. The smallest absolute Gasteiger partial charge is 0.194 e. The molecule has 0 bridgehead atoms. The molecule has 1 aromatic carbocycles. The van der Waals surface area contributed by atoms with Crippen LogP contribution in [0.1, 0.15) is 16.8 Å². The summed E-state index contributed by atoms with van der Waals surface area (Å²) in [6.07, 6.45) is 1.91. The highest BCUT2D eigenvalue weighted by Crippen LogP contribution is 2.28. The number of halogens is 1. The van der Waals surface area contributed by atoms with Crippen LogP contribution in [0.5, 0.6) is 5.75 Å². The highest BCUT2D eigenvalue weighted by molar-refractivity contribution is 14.0. The van der Waals surface area contributed by atoms with E-state index in [1.165, 1.54) is 4.88 Å². The van der Waals surface area contributed by atoms with Gasteiger partial charge in [-0.3, -0.25) is 0 Å². The second kappa shape index (κ2) is 10.7. The lowest BCUT2D eigenvalue weighted by molar-refractivity contribution is 0.367. The Balaban J connectivity index is 0.00000261. The lowest BCUT2D eigenvalue weighted by Crippen LogP contribution is -2.52. The van der Waals surface area contributed by atoms with Gasteiger partial charge >= 0.3 is 0 Å². The number of nitrogens with zero attached hydrogens (tertiary/aromatic N) is 4. The number of piperazine rings is 1. The molecule has 1 aliphatic rings. The van der Waals surface area contributed by atoms with Gasteiger partial charge in [0, 0.05) is 43.8 Å². The number of aryl methyl sites for hydroxylation is 1. The van der Waals surface area contributed by atoms with E-state index in [1.807, 2.05) is 18.3 Å². The summed E-state index contributed by atoms with van der Waals surface area (Å²) in [4.78, 5) is 15.1. The molecule has 0 radical (unpaired) electrons. The SMILES string of the molecule is CCNC(=NCc1ncc(C)s1)N1CCN(c2ccccc2OC)CC1.I. The molecule has 27 heavy (non-hydrogen) atoms. The van der Waals surface area contributed by atoms with Crippen molar-refractivity contribution in [1.82, 2.24) is 15.2 Å². The van der Waals surface area contributed by atoms with Gasteiger partial charge in [-0.25, -0.2) is 9.98 Å². The largest absolute Gasteiger partial charge is 0.495 e. The molecule has 2 heterocycles. The topological polar surface area (TPSA) is 53.0 Å². The van der Waals surface area contributed by atoms with Gasteiger partial charge in [-0.05, 0) is 26.0 Å². The number of benzene rings is 1. The van der Waals surface area contributed by atoms with E-state index in [1.54, 1.807) is 18.4 Å². The zero-order chi connectivity index (χ0) is 18.4. The van der Waals surface area contributed by atoms with Crippen LogP contribution in [0.15, 0.2) is 35.5 Å². The molecule has 148 valence electrons. The number of nitrogens with one attached hydrogen (secondary N) is 1. The van der Waals surface area contributed by atoms with Crippen LogP contribution < -0.4 is 15.0 Å². The number of rotatable bonds is 5. The fourth-order valence-electron chi connectivity index (χ4n) is 3.09. The van der Waals surface area contributed by atoms with Crippen LogP contribution in [-0.4, -0.2) is 55.7 Å². The molecule has 0 atom stereocenters.